The van der Waals surface area contributed by atoms with E-state index in [-0.39, 0.29) is 0 Å². The second-order valence-corrected chi connectivity index (χ2v) is 2.10. The molecule has 0 aromatic carbocycles. The first kappa shape index (κ1) is 7.07. The van der Waals surface area contributed by atoms with Gasteiger partial charge in [-0.3, -0.25) is 0 Å². The molecule has 0 saturated heterocycles. The highest BCUT2D eigenvalue weighted by molar-refractivity contribution is 5.10. The third-order valence-corrected chi connectivity index (χ3v) is 1.24. The summed E-state index contributed by atoms with van der Waals surface area (Å²) in [6, 6.07) is 0. The predicted molar refractivity (Wildman–Crippen MR) is 44.5 cm³/mol. The van der Waals surface area contributed by atoms with Crippen LogP contribution >= 0.6 is 0 Å². The van der Waals surface area contributed by atoms with E-state index in [1.807, 2.05) is 12.2 Å². The Hall–Kier alpha value is -1.04. The summed E-state index contributed by atoms with van der Waals surface area (Å²) >= 11 is 0. The smallest absolute Gasteiger partial charge is 0.00915 e. The lowest BCUT2D eigenvalue weighted by atomic mass is 10.2. The Bertz CT molecular complexity index is 138. The molecule has 1 aliphatic rings. The standard InChI is InChI=1S/C10H11/c1-2-4-6-8-10-9-7-5-3-1/h1-4,7,9-10H,5-6H2. The van der Waals surface area contributed by atoms with Crippen LogP contribution < -0.4 is 0 Å². The lowest BCUT2D eigenvalue weighted by Gasteiger charge is -1.83. The molecule has 0 atom stereocenters. The van der Waals surface area contributed by atoms with E-state index in [0.717, 1.165) is 12.8 Å². The first-order valence-corrected chi connectivity index (χ1v) is 3.53. The van der Waals surface area contributed by atoms with E-state index in [9.17, 15) is 0 Å². The third-order valence-electron chi connectivity index (χ3n) is 1.24. The van der Waals surface area contributed by atoms with Crippen molar-refractivity contribution in [3.05, 3.63) is 48.6 Å². The van der Waals surface area contributed by atoms with Crippen LogP contribution in [-0.2, 0) is 0 Å². The van der Waals surface area contributed by atoms with Gasteiger partial charge in [0.1, 0.15) is 0 Å². The fourth-order valence-electron chi connectivity index (χ4n) is 0.733. The zero-order valence-corrected chi connectivity index (χ0v) is 5.96. The Morgan fingerprint density at radius 1 is 0.900 bits per heavy atom. The Labute approximate surface area is 62.3 Å². The van der Waals surface area contributed by atoms with E-state index in [1.54, 1.807) is 0 Å². The Morgan fingerprint density at radius 3 is 2.70 bits per heavy atom. The van der Waals surface area contributed by atoms with Crippen molar-refractivity contribution in [3.63, 3.8) is 0 Å². The molecule has 0 bridgehead atoms. The topological polar surface area (TPSA) is 0 Å². The average molecular weight is 131 g/mol. The predicted octanol–water partition coefficient (Wildman–Crippen LogP) is 2.81. The summed E-state index contributed by atoms with van der Waals surface area (Å²) in [6.07, 6.45) is 19.5. The van der Waals surface area contributed by atoms with Crippen LogP contribution in [0.4, 0.5) is 0 Å². The van der Waals surface area contributed by atoms with Gasteiger partial charge in [0.05, 0.1) is 0 Å². The molecule has 0 aromatic heterocycles. The maximum absolute atomic E-state index is 3.12. The van der Waals surface area contributed by atoms with Crippen LogP contribution in [0.2, 0.25) is 0 Å². The van der Waals surface area contributed by atoms with Crippen molar-refractivity contribution >= 4 is 0 Å². The summed E-state index contributed by atoms with van der Waals surface area (Å²) in [5.41, 5.74) is 0. The molecule has 0 amide bonds. The van der Waals surface area contributed by atoms with Gasteiger partial charge in [-0.25, -0.2) is 0 Å². The van der Waals surface area contributed by atoms with Crippen molar-refractivity contribution < 1.29 is 0 Å². The fraction of sp³-hybridized carbons (Fsp3) is 0.200. The van der Waals surface area contributed by atoms with E-state index in [2.05, 4.69) is 36.5 Å². The van der Waals surface area contributed by atoms with Gasteiger partial charge in [-0.15, -0.1) is 0 Å². The summed E-state index contributed by atoms with van der Waals surface area (Å²) in [5, 5.41) is 0. The summed E-state index contributed by atoms with van der Waals surface area (Å²) < 4.78 is 0. The average Bonchev–Trinajstić information content (AvgIpc) is 2.01. The first-order chi connectivity index (χ1) is 5.00. The highest BCUT2D eigenvalue weighted by Crippen LogP contribution is 1.93. The summed E-state index contributed by atoms with van der Waals surface area (Å²) in [6.45, 7) is 0. The van der Waals surface area contributed by atoms with Crippen LogP contribution in [-0.4, -0.2) is 0 Å². The van der Waals surface area contributed by atoms with E-state index >= 15 is 0 Å². The van der Waals surface area contributed by atoms with Crippen LogP contribution in [0.1, 0.15) is 12.8 Å². The lowest BCUT2D eigenvalue weighted by Crippen LogP contribution is -1.63. The largest absolute Gasteiger partial charge is 0.0808 e. The number of hydrogen-bond donors (Lipinski definition) is 0. The molecule has 0 aliphatic heterocycles. The van der Waals surface area contributed by atoms with Gasteiger partial charge in [0.25, 0.3) is 0 Å². The molecule has 0 aromatic rings. The third kappa shape index (κ3) is 3.08. The highest BCUT2D eigenvalue weighted by atomic mass is 13.8. The van der Waals surface area contributed by atoms with E-state index in [4.69, 9.17) is 0 Å². The van der Waals surface area contributed by atoms with E-state index in [0.29, 0.717) is 0 Å². The van der Waals surface area contributed by atoms with Crippen molar-refractivity contribution in [2.45, 2.75) is 12.8 Å². The molecule has 0 saturated carbocycles. The second-order valence-electron chi connectivity index (χ2n) is 2.10. The van der Waals surface area contributed by atoms with Crippen molar-refractivity contribution in [2.24, 2.45) is 0 Å². The number of rotatable bonds is 0. The molecule has 0 heterocycles. The zero-order chi connectivity index (χ0) is 7.07. The molecule has 0 spiro atoms. The van der Waals surface area contributed by atoms with Crippen LogP contribution in [0.3, 0.4) is 0 Å². The van der Waals surface area contributed by atoms with Crippen molar-refractivity contribution in [2.75, 3.05) is 0 Å². The SMILES string of the molecule is [C]1=CC=CCC=CC=CC1. The summed E-state index contributed by atoms with van der Waals surface area (Å²) in [5.74, 6) is 0. The van der Waals surface area contributed by atoms with Gasteiger partial charge in [0.2, 0.25) is 0 Å². The molecule has 10 heavy (non-hydrogen) atoms. The minimum Gasteiger partial charge on any atom is -0.0808 e. The molecule has 1 radical (unpaired) electrons. The van der Waals surface area contributed by atoms with Gasteiger partial charge in [-0.2, -0.15) is 0 Å². The molecule has 51 valence electrons. The molecule has 0 N–H and O–H groups in total. The fourth-order valence-corrected chi connectivity index (χ4v) is 0.733. The van der Waals surface area contributed by atoms with Crippen LogP contribution in [0, 0.1) is 6.08 Å². The number of allylic oxidation sites excluding steroid dienone is 8. The molecular formula is C10H11. The lowest BCUT2D eigenvalue weighted by molar-refractivity contribution is 1.32. The Balaban J connectivity index is 2.50. The first-order valence-electron chi connectivity index (χ1n) is 3.53. The number of hydrogen-bond acceptors (Lipinski definition) is 0. The van der Waals surface area contributed by atoms with Gasteiger partial charge < -0.3 is 0 Å². The van der Waals surface area contributed by atoms with Gasteiger partial charge in [0, 0.05) is 0 Å². The van der Waals surface area contributed by atoms with E-state index < -0.39 is 0 Å². The maximum atomic E-state index is 3.12. The zero-order valence-electron chi connectivity index (χ0n) is 5.96. The van der Waals surface area contributed by atoms with Gasteiger partial charge in [-0.1, -0.05) is 42.5 Å². The van der Waals surface area contributed by atoms with Gasteiger partial charge >= 0.3 is 0 Å². The van der Waals surface area contributed by atoms with Crippen molar-refractivity contribution in [1.82, 2.24) is 0 Å². The molecule has 0 nitrogen and oxygen atoms in total. The summed E-state index contributed by atoms with van der Waals surface area (Å²) in [7, 11) is 0. The van der Waals surface area contributed by atoms with Crippen LogP contribution in [0.15, 0.2) is 42.5 Å². The molecule has 1 rings (SSSR count). The minimum absolute atomic E-state index is 0.911. The molecule has 0 unspecified atom stereocenters. The normalized spacial score (nSPS) is 17.6. The molecule has 0 fully saturated rings. The summed E-state index contributed by atoms with van der Waals surface area (Å²) in [4.78, 5) is 0. The van der Waals surface area contributed by atoms with Crippen molar-refractivity contribution in [1.29, 1.82) is 0 Å². The Morgan fingerprint density at radius 2 is 1.70 bits per heavy atom. The molecule has 1 aliphatic carbocycles. The van der Waals surface area contributed by atoms with Gasteiger partial charge in [-0.05, 0) is 18.9 Å². The highest BCUT2D eigenvalue weighted by Gasteiger charge is 1.73. The minimum atomic E-state index is 0.911. The molecular weight excluding hydrogens is 120 g/mol. The Kier molecular flexibility index (Phi) is 3.40. The quantitative estimate of drug-likeness (QED) is 0.474. The second kappa shape index (κ2) is 4.80. The molecule has 0 heteroatoms. The monoisotopic (exact) mass is 131 g/mol. The maximum Gasteiger partial charge on any atom is -0.00915 e. The van der Waals surface area contributed by atoms with Crippen LogP contribution in [0.5, 0.6) is 0 Å². The van der Waals surface area contributed by atoms with Gasteiger partial charge in [0.15, 0.2) is 0 Å². The van der Waals surface area contributed by atoms with E-state index in [1.165, 1.54) is 0 Å². The van der Waals surface area contributed by atoms with Crippen molar-refractivity contribution in [3.8, 4) is 0 Å². The van der Waals surface area contributed by atoms with Crippen LogP contribution in [0.25, 0.3) is 0 Å².